The number of β-amino-alcohol motifs (C(OH)–C–C–N with tert-alkyl or cyclic N) is 1. The van der Waals surface area contributed by atoms with Crippen LogP contribution in [0.2, 0.25) is 0 Å². The van der Waals surface area contributed by atoms with Crippen molar-refractivity contribution in [2.24, 2.45) is 0 Å². The van der Waals surface area contributed by atoms with Gasteiger partial charge in [0.25, 0.3) is 0 Å². The Kier molecular flexibility index (Phi) is 3.58. The molecule has 0 fully saturated rings. The van der Waals surface area contributed by atoms with E-state index in [1.54, 1.807) is 0 Å². The maximum atomic E-state index is 9.47. The van der Waals surface area contributed by atoms with E-state index in [-0.39, 0.29) is 7.43 Å². The summed E-state index contributed by atoms with van der Waals surface area (Å²) >= 11 is 0. The van der Waals surface area contributed by atoms with E-state index in [1.165, 1.54) is 0 Å². The minimum atomic E-state index is -0.602. The molecule has 0 radical (unpaired) electrons. The van der Waals surface area contributed by atoms with Crippen LogP contribution < -0.4 is 0 Å². The number of aliphatic hydroxyl groups is 1. The topological polar surface area (TPSA) is 26.7 Å². The molecule has 0 atom stereocenters. The predicted molar refractivity (Wildman–Crippen MR) is 51.5 cm³/mol. The molecule has 72 valence electrons. The summed E-state index contributed by atoms with van der Waals surface area (Å²) in [4.78, 5) is 4.16. The van der Waals surface area contributed by atoms with Gasteiger partial charge in [0.1, 0.15) is 0 Å². The van der Waals surface area contributed by atoms with E-state index >= 15 is 0 Å². The summed E-state index contributed by atoms with van der Waals surface area (Å²) in [5, 5.41) is 9.47. The minimum Gasteiger partial charge on any atom is -0.389 e. The minimum absolute atomic E-state index is 0. The van der Waals surface area contributed by atoms with E-state index in [0.717, 1.165) is 6.67 Å². The second kappa shape index (κ2) is 3.81. The molecule has 3 nitrogen and oxygen atoms in total. The Labute approximate surface area is 75.3 Å². The van der Waals surface area contributed by atoms with Crippen LogP contribution in [0.5, 0.6) is 0 Å². The van der Waals surface area contributed by atoms with Gasteiger partial charge in [-0.3, -0.25) is 0 Å². The highest BCUT2D eigenvalue weighted by Crippen LogP contribution is 2.09. The van der Waals surface area contributed by atoms with Gasteiger partial charge in [0.15, 0.2) is 0 Å². The van der Waals surface area contributed by atoms with Crippen LogP contribution in [0.4, 0.5) is 0 Å². The van der Waals surface area contributed by atoms with Gasteiger partial charge in [-0.05, 0) is 13.8 Å². The van der Waals surface area contributed by atoms with Gasteiger partial charge in [0.2, 0.25) is 0 Å². The summed E-state index contributed by atoms with van der Waals surface area (Å²) in [6, 6.07) is 0. The number of hydrogen-bond acceptors (Lipinski definition) is 3. The number of nitrogens with zero attached hydrogens (tertiary/aromatic N) is 2. The van der Waals surface area contributed by atoms with E-state index < -0.39 is 5.60 Å². The fourth-order valence-electron chi connectivity index (χ4n) is 1.19. The van der Waals surface area contributed by atoms with Crippen molar-refractivity contribution in [3.05, 3.63) is 12.4 Å². The summed E-state index contributed by atoms with van der Waals surface area (Å²) < 4.78 is 0. The second-order valence-electron chi connectivity index (χ2n) is 3.76. The molecule has 0 aromatic rings. The SMILES string of the molecule is C.CN1C=CN(CC(C)(C)O)C1. The monoisotopic (exact) mass is 172 g/mol. The lowest BCUT2D eigenvalue weighted by Crippen LogP contribution is -2.36. The third-order valence-corrected chi connectivity index (χ3v) is 1.53. The maximum absolute atomic E-state index is 9.47. The molecule has 0 spiro atoms. The average Bonchev–Trinajstić information content (AvgIpc) is 2.10. The van der Waals surface area contributed by atoms with Crippen molar-refractivity contribution >= 4 is 0 Å². The molecule has 12 heavy (non-hydrogen) atoms. The zero-order chi connectivity index (χ0) is 8.48. The Hall–Kier alpha value is -0.700. The third kappa shape index (κ3) is 3.62. The summed E-state index contributed by atoms with van der Waals surface area (Å²) in [7, 11) is 2.01. The van der Waals surface area contributed by atoms with Crippen LogP contribution in [0, 0.1) is 0 Å². The standard InChI is InChI=1S/C8H16N2O.CH4/c1-8(2,11)6-10-5-4-9(3)7-10;/h4-5,11H,6-7H2,1-3H3;1H4. The lowest BCUT2D eigenvalue weighted by molar-refractivity contribution is 0.0469. The molecule has 1 aliphatic heterocycles. The third-order valence-electron chi connectivity index (χ3n) is 1.53. The van der Waals surface area contributed by atoms with Crippen molar-refractivity contribution in [3.63, 3.8) is 0 Å². The molecule has 0 saturated carbocycles. The van der Waals surface area contributed by atoms with E-state index in [2.05, 4.69) is 9.80 Å². The number of rotatable bonds is 2. The van der Waals surface area contributed by atoms with Crippen molar-refractivity contribution in [2.45, 2.75) is 26.9 Å². The molecule has 3 heteroatoms. The highest BCUT2D eigenvalue weighted by molar-refractivity contribution is 4.90. The van der Waals surface area contributed by atoms with E-state index in [1.807, 2.05) is 33.3 Å². The van der Waals surface area contributed by atoms with Crippen LogP contribution >= 0.6 is 0 Å². The van der Waals surface area contributed by atoms with Crippen LogP contribution in [-0.4, -0.2) is 40.8 Å². The van der Waals surface area contributed by atoms with Gasteiger partial charge in [-0.2, -0.15) is 0 Å². The van der Waals surface area contributed by atoms with Crippen LogP contribution in [0.15, 0.2) is 12.4 Å². The summed E-state index contributed by atoms with van der Waals surface area (Å²) in [5.41, 5.74) is -0.602. The van der Waals surface area contributed by atoms with Crippen LogP contribution in [0.25, 0.3) is 0 Å². The van der Waals surface area contributed by atoms with Gasteiger partial charge in [-0.15, -0.1) is 0 Å². The zero-order valence-electron chi connectivity index (χ0n) is 7.41. The lowest BCUT2D eigenvalue weighted by Gasteiger charge is -2.25. The van der Waals surface area contributed by atoms with Crippen LogP contribution in [0.1, 0.15) is 21.3 Å². The fraction of sp³-hybridized carbons (Fsp3) is 0.778. The molecule has 1 heterocycles. The fourth-order valence-corrected chi connectivity index (χ4v) is 1.19. The molecule has 0 bridgehead atoms. The first-order valence-corrected chi connectivity index (χ1v) is 3.82. The molecule has 1 aliphatic rings. The van der Waals surface area contributed by atoms with Gasteiger partial charge in [0.05, 0.1) is 12.3 Å². The predicted octanol–water partition coefficient (Wildman–Crippen LogP) is 1.07. The van der Waals surface area contributed by atoms with E-state index in [0.29, 0.717) is 6.54 Å². The van der Waals surface area contributed by atoms with Gasteiger partial charge >= 0.3 is 0 Å². The van der Waals surface area contributed by atoms with E-state index in [4.69, 9.17) is 0 Å². The highest BCUT2D eigenvalue weighted by Gasteiger charge is 2.18. The van der Waals surface area contributed by atoms with Crippen molar-refractivity contribution in [1.29, 1.82) is 0 Å². The Bertz CT molecular complexity index is 160. The molecule has 0 aromatic heterocycles. The molecule has 0 aromatic carbocycles. The molecule has 0 aliphatic carbocycles. The first-order chi connectivity index (χ1) is 4.97. The number of hydrogen-bond donors (Lipinski definition) is 1. The molecule has 0 amide bonds. The molecule has 1 rings (SSSR count). The summed E-state index contributed by atoms with van der Waals surface area (Å²) in [6.45, 7) is 5.20. The lowest BCUT2D eigenvalue weighted by atomic mass is 10.1. The summed E-state index contributed by atoms with van der Waals surface area (Å²) in [5.74, 6) is 0. The molecule has 1 N–H and O–H groups in total. The first kappa shape index (κ1) is 11.3. The Morgan fingerprint density at radius 3 is 2.33 bits per heavy atom. The Balaban J connectivity index is 0.00000121. The second-order valence-corrected chi connectivity index (χ2v) is 3.76. The molecular formula is C9H20N2O. The quantitative estimate of drug-likeness (QED) is 0.675. The Morgan fingerprint density at radius 2 is 2.00 bits per heavy atom. The normalized spacial score (nSPS) is 16.7. The average molecular weight is 172 g/mol. The van der Waals surface area contributed by atoms with E-state index in [9.17, 15) is 5.11 Å². The van der Waals surface area contributed by atoms with Crippen molar-refractivity contribution in [2.75, 3.05) is 20.3 Å². The van der Waals surface area contributed by atoms with Crippen LogP contribution in [0.3, 0.4) is 0 Å². The molecule has 0 unspecified atom stereocenters. The highest BCUT2D eigenvalue weighted by atomic mass is 16.3. The van der Waals surface area contributed by atoms with Crippen molar-refractivity contribution in [1.82, 2.24) is 9.80 Å². The van der Waals surface area contributed by atoms with Crippen LogP contribution in [-0.2, 0) is 0 Å². The van der Waals surface area contributed by atoms with Gasteiger partial charge in [0, 0.05) is 26.0 Å². The maximum Gasteiger partial charge on any atom is 0.0892 e. The first-order valence-electron chi connectivity index (χ1n) is 3.82. The van der Waals surface area contributed by atoms with Gasteiger partial charge in [-0.1, -0.05) is 7.43 Å². The summed E-state index contributed by atoms with van der Waals surface area (Å²) in [6.07, 6.45) is 4.00. The van der Waals surface area contributed by atoms with Crippen molar-refractivity contribution < 1.29 is 5.11 Å². The zero-order valence-corrected chi connectivity index (χ0v) is 7.41. The largest absolute Gasteiger partial charge is 0.389 e. The molecule has 0 saturated heterocycles. The van der Waals surface area contributed by atoms with Gasteiger partial charge < -0.3 is 14.9 Å². The van der Waals surface area contributed by atoms with Gasteiger partial charge in [-0.25, -0.2) is 0 Å². The molecular weight excluding hydrogens is 152 g/mol. The smallest absolute Gasteiger partial charge is 0.0892 e. The Morgan fingerprint density at radius 1 is 1.42 bits per heavy atom. The van der Waals surface area contributed by atoms with Crippen molar-refractivity contribution in [3.8, 4) is 0 Å².